The number of benzene rings is 1. The molecule has 0 saturated carbocycles. The second kappa shape index (κ2) is 4.82. The molecule has 2 aromatic rings. The first kappa shape index (κ1) is 12.4. The average Bonchev–Trinajstić information content (AvgIpc) is 2.92. The third-order valence-electron chi connectivity index (χ3n) is 2.73. The first-order chi connectivity index (χ1) is 9.63. The van der Waals surface area contributed by atoms with Crippen molar-refractivity contribution in [3.63, 3.8) is 0 Å². The van der Waals surface area contributed by atoms with Gasteiger partial charge >= 0.3 is 5.97 Å². The third-order valence-corrected chi connectivity index (χ3v) is 3.55. The van der Waals surface area contributed by atoms with E-state index >= 15 is 0 Å². The molecule has 0 fully saturated rings. The average molecular weight is 287 g/mol. The molecule has 0 saturated heterocycles. The van der Waals surface area contributed by atoms with Crippen molar-refractivity contribution in [3.05, 3.63) is 51.9 Å². The van der Waals surface area contributed by atoms with E-state index in [4.69, 9.17) is 9.84 Å². The number of thiophene rings is 1. The number of aromatic carboxylic acids is 1. The maximum atomic E-state index is 11.9. The summed E-state index contributed by atoms with van der Waals surface area (Å²) in [4.78, 5) is 23.7. The van der Waals surface area contributed by atoms with E-state index in [0.29, 0.717) is 11.4 Å². The Balaban J connectivity index is 1.95. The molecule has 1 aromatic carbocycles. The van der Waals surface area contributed by atoms with Crippen molar-refractivity contribution in [2.45, 2.75) is 0 Å². The number of hydrogen-bond acceptors (Lipinski definition) is 4. The molecule has 1 aromatic heterocycles. The molecule has 0 radical (unpaired) electrons. The molecule has 0 atom stereocenters. The summed E-state index contributed by atoms with van der Waals surface area (Å²) in [6.07, 6.45) is 1.65. The molecule has 2 N–H and O–H groups in total. The predicted octanol–water partition coefficient (Wildman–Crippen LogP) is 2.82. The van der Waals surface area contributed by atoms with Crippen LogP contribution >= 0.6 is 11.3 Å². The summed E-state index contributed by atoms with van der Waals surface area (Å²) in [6, 6.07) is 8.08. The highest BCUT2D eigenvalue weighted by Gasteiger charge is 2.23. The van der Waals surface area contributed by atoms with Crippen molar-refractivity contribution < 1.29 is 19.4 Å². The highest BCUT2D eigenvalue weighted by molar-refractivity contribution is 7.10. The maximum Gasteiger partial charge on any atom is 0.335 e. The van der Waals surface area contributed by atoms with E-state index in [1.54, 1.807) is 6.08 Å². The molecule has 1 amide bonds. The van der Waals surface area contributed by atoms with Crippen LogP contribution in [0.15, 0.2) is 41.5 Å². The Bertz CT molecular complexity index is 719. The van der Waals surface area contributed by atoms with Crippen LogP contribution in [0.1, 0.15) is 15.2 Å². The van der Waals surface area contributed by atoms with Crippen LogP contribution in [0.2, 0.25) is 0 Å². The van der Waals surface area contributed by atoms with Crippen LogP contribution in [0, 0.1) is 0 Å². The summed E-state index contributed by atoms with van der Waals surface area (Å²) in [7, 11) is 0. The lowest BCUT2D eigenvalue weighted by Crippen LogP contribution is -2.23. The van der Waals surface area contributed by atoms with Gasteiger partial charge in [0, 0.05) is 11.0 Å². The van der Waals surface area contributed by atoms with Crippen LogP contribution in [0.3, 0.4) is 0 Å². The van der Waals surface area contributed by atoms with Gasteiger partial charge in [0.2, 0.25) is 0 Å². The number of amides is 1. The van der Waals surface area contributed by atoms with Gasteiger partial charge in [0.15, 0.2) is 11.5 Å². The number of hydrogen-bond donors (Lipinski definition) is 2. The number of rotatable bonds is 2. The van der Waals surface area contributed by atoms with Gasteiger partial charge in [0.05, 0.1) is 11.3 Å². The van der Waals surface area contributed by atoms with Crippen LogP contribution in [-0.4, -0.2) is 17.0 Å². The van der Waals surface area contributed by atoms with E-state index in [1.165, 1.54) is 29.5 Å². The minimum atomic E-state index is -1.05. The summed E-state index contributed by atoms with van der Waals surface area (Å²) in [6.45, 7) is 0. The quantitative estimate of drug-likeness (QED) is 0.833. The van der Waals surface area contributed by atoms with E-state index in [0.717, 1.165) is 4.88 Å². The molecule has 1 aliphatic heterocycles. The van der Waals surface area contributed by atoms with Gasteiger partial charge in [-0.05, 0) is 29.6 Å². The molecule has 0 unspecified atom stereocenters. The van der Waals surface area contributed by atoms with Crippen molar-refractivity contribution >= 4 is 35.0 Å². The summed E-state index contributed by atoms with van der Waals surface area (Å²) in [5.74, 6) is -0.837. The van der Waals surface area contributed by atoms with Crippen LogP contribution < -0.4 is 10.1 Å². The first-order valence-electron chi connectivity index (χ1n) is 5.75. The van der Waals surface area contributed by atoms with Crippen molar-refractivity contribution in [3.8, 4) is 5.75 Å². The van der Waals surface area contributed by atoms with E-state index in [-0.39, 0.29) is 11.3 Å². The number of carboxylic acid groups (broad SMARTS) is 1. The highest BCUT2D eigenvalue weighted by atomic mass is 32.1. The van der Waals surface area contributed by atoms with Crippen LogP contribution in [0.5, 0.6) is 5.75 Å². The van der Waals surface area contributed by atoms with Crippen LogP contribution in [0.4, 0.5) is 5.69 Å². The van der Waals surface area contributed by atoms with E-state index in [9.17, 15) is 9.59 Å². The zero-order valence-electron chi connectivity index (χ0n) is 10.1. The standard InChI is InChI=1S/C14H9NO4S/c16-13-12(7-9-2-1-5-20-9)19-11-4-3-8(14(17)18)6-10(11)15-13/h1-7H,(H,15,16)(H,17,18)/b12-7+. The fraction of sp³-hybridized carbons (Fsp3) is 0. The van der Waals surface area contributed by atoms with Crippen LogP contribution in [0.25, 0.3) is 6.08 Å². The van der Waals surface area contributed by atoms with Gasteiger partial charge in [-0.15, -0.1) is 11.3 Å². The Morgan fingerprint density at radius 1 is 1.35 bits per heavy atom. The largest absolute Gasteiger partial charge is 0.478 e. The van der Waals surface area contributed by atoms with Gasteiger partial charge in [0.1, 0.15) is 0 Å². The minimum absolute atomic E-state index is 0.0957. The van der Waals surface area contributed by atoms with Crippen molar-refractivity contribution in [1.82, 2.24) is 0 Å². The Kier molecular flexibility index (Phi) is 3.00. The van der Waals surface area contributed by atoms with Gasteiger partial charge in [0.25, 0.3) is 5.91 Å². The fourth-order valence-electron chi connectivity index (χ4n) is 1.80. The normalized spacial score (nSPS) is 15.4. The molecule has 6 heteroatoms. The Hall–Kier alpha value is -2.60. The molecule has 3 rings (SSSR count). The zero-order valence-corrected chi connectivity index (χ0v) is 10.9. The van der Waals surface area contributed by atoms with E-state index in [2.05, 4.69) is 5.32 Å². The SMILES string of the molecule is O=C1Nc2cc(C(=O)O)ccc2O/C1=C/c1cccs1. The Morgan fingerprint density at radius 3 is 2.90 bits per heavy atom. The lowest BCUT2D eigenvalue weighted by atomic mass is 10.1. The number of carbonyl (C=O) groups excluding carboxylic acids is 1. The summed E-state index contributed by atoms with van der Waals surface area (Å²) < 4.78 is 5.52. The Labute approximate surface area is 118 Å². The number of fused-ring (bicyclic) bond motifs is 1. The fourth-order valence-corrected chi connectivity index (χ4v) is 2.44. The molecule has 2 heterocycles. The van der Waals surface area contributed by atoms with Crippen molar-refractivity contribution in [1.29, 1.82) is 0 Å². The first-order valence-corrected chi connectivity index (χ1v) is 6.63. The smallest absolute Gasteiger partial charge is 0.335 e. The summed E-state index contributed by atoms with van der Waals surface area (Å²) in [5.41, 5.74) is 0.455. The molecule has 100 valence electrons. The number of ether oxygens (including phenoxy) is 1. The molecule has 5 nitrogen and oxygen atoms in total. The maximum absolute atomic E-state index is 11.9. The van der Waals surface area contributed by atoms with Gasteiger partial charge in [-0.2, -0.15) is 0 Å². The van der Waals surface area contributed by atoms with Crippen LogP contribution in [-0.2, 0) is 4.79 Å². The molecular weight excluding hydrogens is 278 g/mol. The van der Waals surface area contributed by atoms with Gasteiger partial charge in [-0.1, -0.05) is 6.07 Å². The minimum Gasteiger partial charge on any atom is -0.478 e. The molecule has 0 spiro atoms. The number of carbonyl (C=O) groups is 2. The zero-order chi connectivity index (χ0) is 14.1. The predicted molar refractivity (Wildman–Crippen MR) is 75.0 cm³/mol. The lowest BCUT2D eigenvalue weighted by Gasteiger charge is -2.20. The topological polar surface area (TPSA) is 75.6 Å². The monoisotopic (exact) mass is 287 g/mol. The number of nitrogens with one attached hydrogen (secondary N) is 1. The molecule has 20 heavy (non-hydrogen) atoms. The van der Waals surface area contributed by atoms with E-state index in [1.807, 2.05) is 17.5 Å². The summed E-state index contributed by atoms with van der Waals surface area (Å²) >= 11 is 1.49. The van der Waals surface area contributed by atoms with Crippen molar-refractivity contribution in [2.75, 3.05) is 5.32 Å². The van der Waals surface area contributed by atoms with E-state index < -0.39 is 11.9 Å². The lowest BCUT2D eigenvalue weighted by molar-refractivity contribution is -0.115. The van der Waals surface area contributed by atoms with Gasteiger partial charge in [-0.25, -0.2) is 4.79 Å². The van der Waals surface area contributed by atoms with Crippen molar-refractivity contribution in [2.24, 2.45) is 0 Å². The second-order valence-corrected chi connectivity index (χ2v) is 5.08. The molecule has 1 aliphatic rings. The number of anilines is 1. The Morgan fingerprint density at radius 2 is 2.20 bits per heavy atom. The highest BCUT2D eigenvalue weighted by Crippen LogP contribution is 2.32. The number of carboxylic acids is 1. The third kappa shape index (κ3) is 2.28. The van der Waals surface area contributed by atoms with Gasteiger partial charge < -0.3 is 15.2 Å². The molecule has 0 aliphatic carbocycles. The second-order valence-electron chi connectivity index (χ2n) is 4.10. The summed E-state index contributed by atoms with van der Waals surface area (Å²) in [5, 5.41) is 13.4. The molecule has 0 bridgehead atoms. The van der Waals surface area contributed by atoms with Gasteiger partial charge in [-0.3, -0.25) is 4.79 Å². The molecular formula is C14H9NO4S.